The lowest BCUT2D eigenvalue weighted by atomic mass is 9.34. The number of hydrogen-bond donors (Lipinski definition) is 0. The second-order valence-corrected chi connectivity index (χ2v) is 38.0. The summed E-state index contributed by atoms with van der Waals surface area (Å²) in [6, 6.07) is 105. The zero-order valence-corrected chi connectivity index (χ0v) is 67.8. The maximum atomic E-state index is 6.05. The average molecular weight is 1440 g/mol. The van der Waals surface area contributed by atoms with Gasteiger partial charge in [0.1, 0.15) is 0 Å². The summed E-state index contributed by atoms with van der Waals surface area (Å²) in [5, 5.41) is 4.86. The Bertz CT molecular complexity index is 5980. The minimum Gasteiger partial charge on any atom is -0.310 e. The van der Waals surface area contributed by atoms with Crippen LogP contribution < -0.4 is 16.4 Å². The summed E-state index contributed by atoms with van der Waals surface area (Å²) in [5.41, 5.74) is 36.7. The van der Waals surface area contributed by atoms with Gasteiger partial charge in [-0.3, -0.25) is 0 Å². The van der Waals surface area contributed by atoms with Gasteiger partial charge in [0.05, 0.1) is 22.4 Å². The number of nitrogens with zero attached hydrogens (tertiary/aromatic N) is 4. The van der Waals surface area contributed by atoms with Crippen LogP contribution >= 0.6 is 0 Å². The molecule has 111 heavy (non-hydrogen) atoms. The van der Waals surface area contributed by atoms with E-state index in [2.05, 4.69) is 407 Å². The number of fused-ring (bicyclic) bond motifs is 10. The molecule has 16 aromatic rings. The zero-order chi connectivity index (χ0) is 77.3. The van der Waals surface area contributed by atoms with Gasteiger partial charge in [-0.1, -0.05) is 319 Å². The highest BCUT2D eigenvalue weighted by Crippen LogP contribution is 2.50. The first kappa shape index (κ1) is 71.2. The molecular weight excluding hydrogens is 1340 g/mol. The maximum Gasteiger partial charge on any atom is 0.252 e. The van der Waals surface area contributed by atoms with Crippen molar-refractivity contribution in [2.75, 3.05) is 0 Å². The van der Waals surface area contributed by atoms with E-state index in [0.29, 0.717) is 5.82 Å². The third-order valence-electron chi connectivity index (χ3n) is 24.0. The molecule has 0 amide bonds. The van der Waals surface area contributed by atoms with Gasteiger partial charge in [-0.2, -0.15) is 0 Å². The quantitative estimate of drug-likeness (QED) is 0.135. The fourth-order valence-corrected chi connectivity index (χ4v) is 17.5. The molecule has 5 heterocycles. The largest absolute Gasteiger partial charge is 0.310 e. The van der Waals surface area contributed by atoms with Crippen LogP contribution in [0.15, 0.2) is 273 Å². The molecule has 0 saturated carbocycles. The Balaban J connectivity index is 1.05. The Morgan fingerprint density at radius 2 is 0.550 bits per heavy atom. The van der Waals surface area contributed by atoms with Gasteiger partial charge in [0.2, 0.25) is 0 Å². The zero-order valence-electron chi connectivity index (χ0n) is 67.8. The highest BCUT2D eigenvalue weighted by atomic mass is 15.0. The first-order valence-corrected chi connectivity index (χ1v) is 40.0. The van der Waals surface area contributed by atoms with E-state index in [0.717, 1.165) is 72.7 Å². The Morgan fingerprint density at radius 1 is 0.243 bits per heavy atom. The van der Waals surface area contributed by atoms with Crippen molar-refractivity contribution >= 4 is 66.7 Å². The fourth-order valence-electron chi connectivity index (χ4n) is 17.5. The van der Waals surface area contributed by atoms with Crippen LogP contribution in [0.1, 0.15) is 158 Å². The van der Waals surface area contributed by atoms with E-state index in [1.54, 1.807) is 0 Å². The molecular formula is C106H99BN4. The molecule has 5 heteroatoms. The fraction of sp³-hybridized carbons (Fsp3) is 0.226. The first-order chi connectivity index (χ1) is 52.8. The summed E-state index contributed by atoms with van der Waals surface area (Å²) in [7, 11) is 0. The third-order valence-corrected chi connectivity index (χ3v) is 24.0. The molecule has 0 saturated heterocycles. The summed E-state index contributed by atoms with van der Waals surface area (Å²) in [5.74, 6) is 0.667. The average Bonchev–Trinajstić information content (AvgIpc) is 1.52. The SMILES string of the molecule is CC(C)(C)c1ccc(-c2cc3c4c(c2)c2c(-c5ccccc5)cc(-c5ccccc5)cc2n4-c2cc(-c4nc(-c5cc(C(C)(C)C)cc(C(C)(C)C)c5)cc(-c5cc(C(C)(C)C)cc(C(C)(C)C)c5)n4)cc4c2B3c2cc(-c3ccc(C(C)(C)C)cc3)cc3c5c(-c6ccccc6)cc(-c6ccccc6)cc5n-4c23)cc1. The Morgan fingerprint density at radius 3 is 0.874 bits per heavy atom. The van der Waals surface area contributed by atoms with Crippen LogP contribution in [0.4, 0.5) is 0 Å². The Hall–Kier alpha value is -11.4. The third kappa shape index (κ3) is 12.4. The number of hydrogen-bond acceptors (Lipinski definition) is 2. The highest BCUT2D eigenvalue weighted by Gasteiger charge is 2.43. The lowest BCUT2D eigenvalue weighted by Crippen LogP contribution is -2.59. The molecule has 3 aromatic heterocycles. The molecule has 0 bridgehead atoms. The predicted molar refractivity (Wildman–Crippen MR) is 476 cm³/mol. The van der Waals surface area contributed by atoms with Crippen LogP contribution in [0.5, 0.6) is 0 Å². The minimum atomic E-state index is -0.262. The van der Waals surface area contributed by atoms with Crippen LogP contribution in [0.2, 0.25) is 0 Å². The van der Waals surface area contributed by atoms with Crippen molar-refractivity contribution in [1.82, 2.24) is 19.1 Å². The van der Waals surface area contributed by atoms with Crippen LogP contribution in [-0.4, -0.2) is 25.8 Å². The lowest BCUT2D eigenvalue weighted by Gasteiger charge is -2.34. The van der Waals surface area contributed by atoms with Gasteiger partial charge in [0.15, 0.2) is 5.82 Å². The van der Waals surface area contributed by atoms with Gasteiger partial charge in [-0.05, 0) is 228 Å². The normalized spacial score (nSPS) is 13.1. The van der Waals surface area contributed by atoms with E-state index in [1.165, 1.54) is 127 Å². The maximum absolute atomic E-state index is 6.05. The van der Waals surface area contributed by atoms with Gasteiger partial charge in [0.25, 0.3) is 6.71 Å². The van der Waals surface area contributed by atoms with E-state index in [9.17, 15) is 0 Å². The van der Waals surface area contributed by atoms with Crippen LogP contribution in [-0.2, 0) is 32.5 Å². The van der Waals surface area contributed by atoms with Crippen molar-refractivity contribution in [1.29, 1.82) is 0 Å². The van der Waals surface area contributed by atoms with Crippen LogP contribution in [0.3, 0.4) is 0 Å². The van der Waals surface area contributed by atoms with E-state index >= 15 is 0 Å². The second-order valence-electron chi connectivity index (χ2n) is 38.0. The van der Waals surface area contributed by atoms with Gasteiger partial charge in [-0.25, -0.2) is 9.97 Å². The highest BCUT2D eigenvalue weighted by molar-refractivity contribution is 7.00. The van der Waals surface area contributed by atoms with Gasteiger partial charge in [0, 0.05) is 60.6 Å². The number of benzene rings is 13. The van der Waals surface area contributed by atoms with Crippen molar-refractivity contribution < 1.29 is 0 Å². The summed E-state index contributed by atoms with van der Waals surface area (Å²) in [6.45, 7) is 41.6. The van der Waals surface area contributed by atoms with Crippen molar-refractivity contribution in [2.45, 2.75) is 157 Å². The van der Waals surface area contributed by atoms with Crippen LogP contribution in [0, 0.1) is 0 Å². The molecule has 0 spiro atoms. The summed E-state index contributed by atoms with van der Waals surface area (Å²) in [4.78, 5) is 12.1. The molecule has 0 unspecified atom stereocenters. The standard InChI is InChI=1S/C106H99BN4/c1-101(2,3)77-43-39-66(40-44-77)70-53-85-95-83(68-35-27-21-28-36-68)51-72(64-31-23-19-24-32-64)57-91(95)110-93-59-76(100-108-89(74-47-79(103(7,8)9)61-80(48-74)104(10,11)12)63-90(109-100)75-49-81(105(13,14)15)62-82(50-75)106(16,17)18)60-94-97(93)107(87(55-70)98(85)110)88-56-71(67-41-45-78(46-42-67)102(4,5)6)54-86-96-84(69-37-29-22-30-38-69)52-73(65-33-25-20-26-34-65)58-92(96)111(94)99(86)88/h19-63H,1-18H3. The van der Waals surface area contributed by atoms with Crippen LogP contribution in [0.25, 0.3) is 156 Å². The molecule has 18 rings (SSSR count). The Kier molecular flexibility index (Phi) is 16.4. The van der Waals surface area contributed by atoms with Crippen molar-refractivity contribution in [3.05, 3.63) is 306 Å². The van der Waals surface area contributed by atoms with Gasteiger partial charge in [-0.15, -0.1) is 0 Å². The summed E-state index contributed by atoms with van der Waals surface area (Å²) < 4.78 is 5.38. The van der Waals surface area contributed by atoms with Crippen molar-refractivity contribution in [3.63, 3.8) is 0 Å². The first-order valence-electron chi connectivity index (χ1n) is 40.0. The Labute approximate surface area is 657 Å². The van der Waals surface area contributed by atoms with Gasteiger partial charge >= 0.3 is 0 Å². The monoisotopic (exact) mass is 1440 g/mol. The second kappa shape index (κ2) is 25.6. The van der Waals surface area contributed by atoms with E-state index in [-0.39, 0.29) is 39.2 Å². The molecule has 0 fully saturated rings. The van der Waals surface area contributed by atoms with Gasteiger partial charge < -0.3 is 9.13 Å². The smallest absolute Gasteiger partial charge is 0.252 e. The predicted octanol–water partition coefficient (Wildman–Crippen LogP) is 26.6. The molecule has 546 valence electrons. The number of rotatable bonds is 9. The van der Waals surface area contributed by atoms with Crippen molar-refractivity contribution in [2.24, 2.45) is 0 Å². The molecule has 0 radical (unpaired) electrons. The molecule has 13 aromatic carbocycles. The minimum absolute atomic E-state index is 0.0255. The number of aromatic nitrogens is 4. The molecule has 2 aliphatic rings. The van der Waals surface area contributed by atoms with Crippen molar-refractivity contribution in [3.8, 4) is 112 Å². The summed E-state index contributed by atoms with van der Waals surface area (Å²) in [6.07, 6.45) is 0. The molecule has 0 N–H and O–H groups in total. The molecule has 0 aliphatic carbocycles. The molecule has 2 aliphatic heterocycles. The summed E-state index contributed by atoms with van der Waals surface area (Å²) >= 11 is 0. The van der Waals surface area contributed by atoms with E-state index in [1.807, 2.05) is 0 Å². The van der Waals surface area contributed by atoms with E-state index in [4.69, 9.17) is 9.97 Å². The topological polar surface area (TPSA) is 35.6 Å². The van der Waals surface area contributed by atoms with E-state index < -0.39 is 0 Å². The molecule has 4 nitrogen and oxygen atoms in total. The molecule has 0 atom stereocenters. The lowest BCUT2D eigenvalue weighted by molar-refractivity contribution is 0.568.